The highest BCUT2D eigenvalue weighted by atomic mass is 79.9. The highest BCUT2D eigenvalue weighted by molar-refractivity contribution is 9.11. The Morgan fingerprint density at radius 3 is 2.75 bits per heavy atom. The molecule has 1 fully saturated rings. The van der Waals surface area contributed by atoms with Gasteiger partial charge < -0.3 is 5.73 Å². The van der Waals surface area contributed by atoms with E-state index in [0.717, 1.165) is 17.3 Å². The van der Waals surface area contributed by atoms with Gasteiger partial charge in [-0.3, -0.25) is 0 Å². The van der Waals surface area contributed by atoms with Crippen molar-refractivity contribution in [2.45, 2.75) is 30.7 Å². The molecule has 20 heavy (non-hydrogen) atoms. The van der Waals surface area contributed by atoms with Gasteiger partial charge >= 0.3 is 0 Å². The Morgan fingerprint density at radius 2 is 2.10 bits per heavy atom. The number of piperidine rings is 1. The van der Waals surface area contributed by atoms with E-state index in [9.17, 15) is 8.42 Å². The lowest BCUT2D eigenvalue weighted by Crippen LogP contribution is -2.49. The van der Waals surface area contributed by atoms with Gasteiger partial charge in [0.2, 0.25) is 10.0 Å². The third-order valence-electron chi connectivity index (χ3n) is 3.68. The van der Waals surface area contributed by atoms with Crippen molar-refractivity contribution >= 4 is 41.9 Å². The predicted octanol–water partition coefficient (Wildman–Crippen LogP) is 2.96. The molecular weight excluding hydrogens is 408 g/mol. The molecule has 2 rings (SSSR count). The SMILES string of the molecule is CC1CCN(S(=O)(=O)c2cc(Br)ccc2Br)C(CN)C1. The molecule has 1 saturated heterocycles. The molecule has 0 saturated carbocycles. The minimum absolute atomic E-state index is 0.116. The van der Waals surface area contributed by atoms with Gasteiger partial charge in [0, 0.05) is 28.1 Å². The zero-order valence-corrected chi connectivity index (χ0v) is 15.2. The number of nitrogens with two attached hydrogens (primary N) is 1. The molecule has 0 spiro atoms. The summed E-state index contributed by atoms with van der Waals surface area (Å²) in [6, 6.07) is 5.06. The first kappa shape index (κ1) is 16.4. The first-order valence-electron chi connectivity index (χ1n) is 6.53. The molecule has 0 bridgehead atoms. The van der Waals surface area contributed by atoms with Crippen LogP contribution in [0.1, 0.15) is 19.8 Å². The summed E-state index contributed by atoms with van der Waals surface area (Å²) in [5.74, 6) is 0.515. The van der Waals surface area contributed by atoms with Crippen molar-refractivity contribution in [1.29, 1.82) is 0 Å². The first-order chi connectivity index (χ1) is 9.36. The maximum Gasteiger partial charge on any atom is 0.244 e. The van der Waals surface area contributed by atoms with Crippen LogP contribution >= 0.6 is 31.9 Å². The lowest BCUT2D eigenvalue weighted by Gasteiger charge is -2.37. The summed E-state index contributed by atoms with van der Waals surface area (Å²) < 4.78 is 28.6. The van der Waals surface area contributed by atoms with Crippen molar-refractivity contribution in [3.63, 3.8) is 0 Å². The van der Waals surface area contributed by atoms with Gasteiger partial charge in [-0.2, -0.15) is 4.31 Å². The highest BCUT2D eigenvalue weighted by Crippen LogP contribution is 2.32. The second kappa shape index (κ2) is 6.44. The van der Waals surface area contributed by atoms with Gasteiger partial charge in [-0.1, -0.05) is 22.9 Å². The van der Waals surface area contributed by atoms with E-state index in [2.05, 4.69) is 38.8 Å². The minimum Gasteiger partial charge on any atom is -0.329 e. The minimum atomic E-state index is -3.52. The Kier molecular flexibility index (Phi) is 5.29. The molecule has 0 aliphatic carbocycles. The summed E-state index contributed by atoms with van der Waals surface area (Å²) >= 11 is 6.65. The summed E-state index contributed by atoms with van der Waals surface area (Å²) in [5, 5.41) is 0. The number of rotatable bonds is 3. The summed E-state index contributed by atoms with van der Waals surface area (Å²) in [6.45, 7) is 3.03. The van der Waals surface area contributed by atoms with Gasteiger partial charge in [-0.05, 0) is 52.9 Å². The van der Waals surface area contributed by atoms with Crippen molar-refractivity contribution in [3.8, 4) is 0 Å². The van der Waals surface area contributed by atoms with Gasteiger partial charge in [0.1, 0.15) is 0 Å². The fourth-order valence-electron chi connectivity index (χ4n) is 2.56. The Hall–Kier alpha value is 0.0500. The lowest BCUT2D eigenvalue weighted by molar-refractivity contribution is 0.211. The number of halogens is 2. The molecule has 1 heterocycles. The fraction of sp³-hybridized carbons (Fsp3) is 0.538. The Morgan fingerprint density at radius 1 is 1.40 bits per heavy atom. The number of hydrogen-bond acceptors (Lipinski definition) is 3. The van der Waals surface area contributed by atoms with Gasteiger partial charge in [0.05, 0.1) is 4.90 Å². The second-order valence-electron chi connectivity index (χ2n) is 5.21. The van der Waals surface area contributed by atoms with E-state index in [1.54, 1.807) is 16.4 Å². The van der Waals surface area contributed by atoms with Gasteiger partial charge in [-0.25, -0.2) is 8.42 Å². The molecule has 2 N–H and O–H groups in total. The molecule has 2 unspecified atom stereocenters. The fourth-order valence-corrected chi connectivity index (χ4v) is 5.69. The van der Waals surface area contributed by atoms with Crippen LogP contribution in [0.4, 0.5) is 0 Å². The van der Waals surface area contributed by atoms with E-state index < -0.39 is 10.0 Å². The maximum atomic E-state index is 12.9. The molecule has 1 aliphatic rings. The zero-order valence-electron chi connectivity index (χ0n) is 11.2. The quantitative estimate of drug-likeness (QED) is 0.809. The highest BCUT2D eigenvalue weighted by Gasteiger charge is 2.35. The van der Waals surface area contributed by atoms with Crippen LogP contribution in [0.25, 0.3) is 0 Å². The second-order valence-corrected chi connectivity index (χ2v) is 8.84. The molecule has 0 aromatic heterocycles. The third-order valence-corrected chi connectivity index (χ3v) is 7.11. The molecule has 0 radical (unpaired) electrons. The number of sulfonamides is 1. The lowest BCUT2D eigenvalue weighted by atomic mass is 9.94. The molecule has 112 valence electrons. The molecule has 1 aromatic carbocycles. The number of benzene rings is 1. The van der Waals surface area contributed by atoms with Crippen molar-refractivity contribution in [2.24, 2.45) is 11.7 Å². The molecule has 1 aromatic rings. The molecular formula is C13H18Br2N2O2S. The molecule has 4 nitrogen and oxygen atoms in total. The van der Waals surface area contributed by atoms with Crippen LogP contribution in [-0.2, 0) is 10.0 Å². The van der Waals surface area contributed by atoms with Gasteiger partial charge in [0.15, 0.2) is 0 Å². The predicted molar refractivity (Wildman–Crippen MR) is 87.0 cm³/mol. The summed E-state index contributed by atoms with van der Waals surface area (Å²) in [4.78, 5) is 0.292. The van der Waals surface area contributed by atoms with Crippen molar-refractivity contribution in [1.82, 2.24) is 4.31 Å². The average Bonchev–Trinajstić information content (AvgIpc) is 2.40. The molecule has 1 aliphatic heterocycles. The van der Waals surface area contributed by atoms with Crippen LogP contribution < -0.4 is 5.73 Å². The van der Waals surface area contributed by atoms with Crippen LogP contribution in [0.15, 0.2) is 32.0 Å². The molecule has 7 heteroatoms. The standard InChI is InChI=1S/C13H18Br2N2O2S/c1-9-4-5-17(11(6-9)8-16)20(18,19)13-7-10(14)2-3-12(13)15/h2-3,7,9,11H,4-6,8,16H2,1H3. The topological polar surface area (TPSA) is 63.4 Å². The summed E-state index contributed by atoms with van der Waals surface area (Å²) in [7, 11) is -3.52. The smallest absolute Gasteiger partial charge is 0.244 e. The van der Waals surface area contributed by atoms with Crippen molar-refractivity contribution < 1.29 is 8.42 Å². The third kappa shape index (κ3) is 3.27. The van der Waals surface area contributed by atoms with Crippen molar-refractivity contribution in [3.05, 3.63) is 27.1 Å². The van der Waals surface area contributed by atoms with E-state index in [1.807, 2.05) is 6.07 Å². The average molecular weight is 426 g/mol. The Balaban J connectivity index is 2.41. The normalized spacial score (nSPS) is 24.8. The van der Waals surface area contributed by atoms with E-state index in [1.165, 1.54) is 0 Å². The molecule has 0 amide bonds. The van der Waals surface area contributed by atoms with Gasteiger partial charge in [0.25, 0.3) is 0 Å². The van der Waals surface area contributed by atoms with Crippen LogP contribution in [0, 0.1) is 5.92 Å². The number of hydrogen-bond donors (Lipinski definition) is 1. The zero-order chi connectivity index (χ0) is 14.9. The maximum absolute atomic E-state index is 12.9. The first-order valence-corrected chi connectivity index (χ1v) is 9.56. The molecule has 2 atom stereocenters. The van der Waals surface area contributed by atoms with Gasteiger partial charge in [-0.15, -0.1) is 0 Å². The van der Waals surface area contributed by atoms with E-state index in [-0.39, 0.29) is 6.04 Å². The Bertz CT molecular complexity index is 592. The number of nitrogens with zero attached hydrogens (tertiary/aromatic N) is 1. The summed E-state index contributed by atoms with van der Waals surface area (Å²) in [6.07, 6.45) is 1.70. The van der Waals surface area contributed by atoms with Crippen molar-refractivity contribution in [2.75, 3.05) is 13.1 Å². The van der Waals surface area contributed by atoms with Crippen LogP contribution in [0.3, 0.4) is 0 Å². The van der Waals surface area contributed by atoms with Crippen LogP contribution in [0.2, 0.25) is 0 Å². The van der Waals surface area contributed by atoms with E-state index in [0.29, 0.717) is 28.4 Å². The summed E-state index contributed by atoms with van der Waals surface area (Å²) in [5.41, 5.74) is 5.77. The largest absolute Gasteiger partial charge is 0.329 e. The Labute approximate surface area is 137 Å². The monoisotopic (exact) mass is 424 g/mol. The van der Waals surface area contributed by atoms with Crippen LogP contribution in [0.5, 0.6) is 0 Å². The van der Waals surface area contributed by atoms with Crippen LogP contribution in [-0.4, -0.2) is 31.9 Å². The van der Waals surface area contributed by atoms with E-state index in [4.69, 9.17) is 5.73 Å². The van der Waals surface area contributed by atoms with E-state index >= 15 is 0 Å².